The van der Waals surface area contributed by atoms with Gasteiger partial charge in [0.1, 0.15) is 11.4 Å². The highest BCUT2D eigenvalue weighted by Gasteiger charge is 2.40. The Balaban J connectivity index is 2.10. The lowest BCUT2D eigenvalue weighted by molar-refractivity contribution is -0.150. The summed E-state index contributed by atoms with van der Waals surface area (Å²) in [5.74, 6) is -0.476. The molecule has 20 heavy (non-hydrogen) atoms. The van der Waals surface area contributed by atoms with Crippen LogP contribution in [0.2, 0.25) is 0 Å². The Labute approximate surface area is 127 Å². The molecule has 0 heterocycles. The van der Waals surface area contributed by atoms with E-state index in [-0.39, 0.29) is 11.8 Å². The number of benzene rings is 1. The third-order valence-corrected chi connectivity index (χ3v) is 4.65. The summed E-state index contributed by atoms with van der Waals surface area (Å²) in [7, 11) is 1.42. The van der Waals surface area contributed by atoms with E-state index in [0.29, 0.717) is 11.0 Å². The fourth-order valence-corrected chi connectivity index (χ4v) is 3.22. The van der Waals surface area contributed by atoms with Gasteiger partial charge in [0.25, 0.3) is 0 Å². The second-order valence-corrected chi connectivity index (χ2v) is 6.08. The van der Waals surface area contributed by atoms with E-state index in [1.54, 1.807) is 6.07 Å². The van der Waals surface area contributed by atoms with Crippen molar-refractivity contribution in [3.05, 3.63) is 34.1 Å². The van der Waals surface area contributed by atoms with Crippen LogP contribution in [0.15, 0.2) is 22.7 Å². The van der Waals surface area contributed by atoms with Crippen LogP contribution in [-0.4, -0.2) is 18.6 Å². The lowest BCUT2D eigenvalue weighted by atomic mass is 9.81. The topological polar surface area (TPSA) is 38.3 Å². The number of hydrogen-bond acceptors (Lipinski definition) is 3. The van der Waals surface area contributed by atoms with Crippen LogP contribution in [-0.2, 0) is 16.1 Å². The summed E-state index contributed by atoms with van der Waals surface area (Å²) in [5, 5.41) is 3.34. The minimum Gasteiger partial charge on any atom is -0.468 e. The van der Waals surface area contributed by atoms with Gasteiger partial charge in [-0.15, -0.1) is 0 Å². The fourth-order valence-electron chi connectivity index (χ4n) is 2.73. The van der Waals surface area contributed by atoms with Gasteiger partial charge in [-0.3, -0.25) is 10.1 Å². The van der Waals surface area contributed by atoms with E-state index in [1.807, 2.05) is 0 Å². The molecule has 2 rings (SSSR count). The van der Waals surface area contributed by atoms with E-state index in [4.69, 9.17) is 4.74 Å². The maximum absolute atomic E-state index is 13.1. The second-order valence-electron chi connectivity index (χ2n) is 5.22. The van der Waals surface area contributed by atoms with Crippen molar-refractivity contribution >= 4 is 21.9 Å². The maximum atomic E-state index is 13.1. The van der Waals surface area contributed by atoms with Gasteiger partial charge in [-0.1, -0.05) is 41.3 Å². The Morgan fingerprint density at radius 3 is 2.70 bits per heavy atom. The van der Waals surface area contributed by atoms with Crippen molar-refractivity contribution < 1.29 is 13.9 Å². The summed E-state index contributed by atoms with van der Waals surface area (Å²) in [5.41, 5.74) is 0.334. The monoisotopic (exact) mass is 343 g/mol. The molecule has 0 unspecified atom stereocenters. The standard InChI is InChI=1S/C15H19BrFNO2/c1-20-14(19)15(7-3-2-4-8-15)18-10-11-5-6-12(17)9-13(11)16/h5-6,9,18H,2-4,7-8,10H2,1H3. The van der Waals surface area contributed by atoms with Gasteiger partial charge >= 0.3 is 5.97 Å². The van der Waals surface area contributed by atoms with Crippen LogP contribution in [0.5, 0.6) is 0 Å². The van der Waals surface area contributed by atoms with E-state index in [9.17, 15) is 9.18 Å². The molecule has 1 saturated carbocycles. The zero-order chi connectivity index (χ0) is 14.6. The van der Waals surface area contributed by atoms with Crippen LogP contribution >= 0.6 is 15.9 Å². The highest BCUT2D eigenvalue weighted by Crippen LogP contribution is 2.30. The molecule has 1 fully saturated rings. The molecule has 0 aromatic heterocycles. The SMILES string of the molecule is COC(=O)C1(NCc2ccc(F)cc2Br)CCCCC1. The van der Waals surface area contributed by atoms with Crippen LogP contribution in [0.3, 0.4) is 0 Å². The normalized spacial score (nSPS) is 17.8. The van der Waals surface area contributed by atoms with Crippen LogP contribution in [0, 0.1) is 5.82 Å². The van der Waals surface area contributed by atoms with Gasteiger partial charge in [0.05, 0.1) is 7.11 Å². The lowest BCUT2D eigenvalue weighted by Crippen LogP contribution is -2.53. The number of carbonyl (C=O) groups is 1. The molecule has 0 atom stereocenters. The number of halogens is 2. The van der Waals surface area contributed by atoms with Crippen molar-refractivity contribution in [3.63, 3.8) is 0 Å². The maximum Gasteiger partial charge on any atom is 0.326 e. The number of methoxy groups -OCH3 is 1. The molecule has 1 aromatic carbocycles. The number of hydrogen-bond donors (Lipinski definition) is 1. The fraction of sp³-hybridized carbons (Fsp3) is 0.533. The lowest BCUT2D eigenvalue weighted by Gasteiger charge is -2.35. The average Bonchev–Trinajstić information content (AvgIpc) is 2.46. The molecule has 1 aliphatic carbocycles. The molecule has 3 nitrogen and oxygen atoms in total. The first-order valence-corrected chi connectivity index (χ1v) is 7.64. The summed E-state index contributed by atoms with van der Waals surface area (Å²) in [6, 6.07) is 4.58. The Bertz CT molecular complexity index is 487. The van der Waals surface area contributed by atoms with Gasteiger partial charge in [-0.25, -0.2) is 4.39 Å². The quantitative estimate of drug-likeness (QED) is 0.849. The number of nitrogens with one attached hydrogen (secondary N) is 1. The van der Waals surface area contributed by atoms with Crippen molar-refractivity contribution in [2.75, 3.05) is 7.11 Å². The molecule has 1 aliphatic rings. The molecule has 0 spiro atoms. The first-order valence-electron chi connectivity index (χ1n) is 6.85. The number of ether oxygens (including phenoxy) is 1. The summed E-state index contributed by atoms with van der Waals surface area (Å²) in [6.45, 7) is 0.510. The van der Waals surface area contributed by atoms with Crippen LogP contribution < -0.4 is 5.32 Å². The third-order valence-electron chi connectivity index (χ3n) is 3.92. The Kier molecular flexibility index (Phi) is 5.16. The predicted molar refractivity (Wildman–Crippen MR) is 78.8 cm³/mol. The highest BCUT2D eigenvalue weighted by atomic mass is 79.9. The molecule has 110 valence electrons. The van der Waals surface area contributed by atoms with Crippen molar-refractivity contribution in [2.24, 2.45) is 0 Å². The molecule has 0 saturated heterocycles. The first-order chi connectivity index (χ1) is 9.57. The van der Waals surface area contributed by atoms with Gasteiger partial charge in [0.15, 0.2) is 0 Å². The molecule has 0 amide bonds. The molecular weight excluding hydrogens is 325 g/mol. The predicted octanol–water partition coefficient (Wildman–Crippen LogP) is 3.55. The molecule has 5 heteroatoms. The average molecular weight is 344 g/mol. The zero-order valence-electron chi connectivity index (χ0n) is 11.5. The first kappa shape index (κ1) is 15.4. The molecular formula is C15H19BrFNO2. The molecule has 1 aromatic rings. The number of esters is 1. The van der Waals surface area contributed by atoms with Gasteiger partial charge in [0.2, 0.25) is 0 Å². The molecule has 0 bridgehead atoms. The van der Waals surface area contributed by atoms with E-state index >= 15 is 0 Å². The number of rotatable bonds is 4. The number of carbonyl (C=O) groups excluding carboxylic acids is 1. The van der Waals surface area contributed by atoms with Crippen molar-refractivity contribution in [2.45, 2.75) is 44.2 Å². The van der Waals surface area contributed by atoms with E-state index in [1.165, 1.54) is 19.2 Å². The molecule has 0 aliphatic heterocycles. The van der Waals surface area contributed by atoms with E-state index in [2.05, 4.69) is 21.2 Å². The van der Waals surface area contributed by atoms with Crippen molar-refractivity contribution in [1.29, 1.82) is 0 Å². The van der Waals surface area contributed by atoms with Crippen LogP contribution in [0.1, 0.15) is 37.7 Å². The molecule has 1 N–H and O–H groups in total. The smallest absolute Gasteiger partial charge is 0.326 e. The summed E-state index contributed by atoms with van der Waals surface area (Å²) < 4.78 is 18.7. The summed E-state index contributed by atoms with van der Waals surface area (Å²) >= 11 is 3.35. The molecule has 0 radical (unpaired) electrons. The largest absolute Gasteiger partial charge is 0.468 e. The summed E-state index contributed by atoms with van der Waals surface area (Å²) in [4.78, 5) is 12.1. The van der Waals surface area contributed by atoms with Crippen molar-refractivity contribution in [1.82, 2.24) is 5.32 Å². The summed E-state index contributed by atoms with van der Waals surface area (Å²) in [6.07, 6.45) is 4.77. The Morgan fingerprint density at radius 2 is 2.10 bits per heavy atom. The van der Waals surface area contributed by atoms with Gasteiger partial charge in [0, 0.05) is 11.0 Å². The van der Waals surface area contributed by atoms with Crippen LogP contribution in [0.4, 0.5) is 4.39 Å². The highest BCUT2D eigenvalue weighted by molar-refractivity contribution is 9.10. The van der Waals surface area contributed by atoms with Gasteiger partial charge in [-0.05, 0) is 30.5 Å². The Morgan fingerprint density at radius 1 is 1.40 bits per heavy atom. The second kappa shape index (κ2) is 6.68. The van der Waals surface area contributed by atoms with Crippen LogP contribution in [0.25, 0.3) is 0 Å². The van der Waals surface area contributed by atoms with E-state index in [0.717, 1.165) is 37.7 Å². The Hall–Kier alpha value is -0.940. The minimum absolute atomic E-state index is 0.199. The van der Waals surface area contributed by atoms with Crippen molar-refractivity contribution in [3.8, 4) is 0 Å². The zero-order valence-corrected chi connectivity index (χ0v) is 13.1. The van der Waals surface area contributed by atoms with E-state index < -0.39 is 5.54 Å². The minimum atomic E-state index is -0.596. The third kappa shape index (κ3) is 3.38. The van der Waals surface area contributed by atoms with Gasteiger partial charge in [-0.2, -0.15) is 0 Å². The van der Waals surface area contributed by atoms with Gasteiger partial charge < -0.3 is 4.74 Å².